The first-order valence-corrected chi connectivity index (χ1v) is 14.8. The van der Waals surface area contributed by atoms with Gasteiger partial charge in [0.25, 0.3) is 5.13 Å². The minimum atomic E-state index is -4.92. The van der Waals surface area contributed by atoms with Gasteiger partial charge in [0.05, 0.1) is 11.8 Å². The van der Waals surface area contributed by atoms with E-state index in [-0.39, 0.29) is 33.7 Å². The Labute approximate surface area is 223 Å². The molecule has 1 aliphatic heterocycles. The molecule has 1 N–H and O–H groups in total. The van der Waals surface area contributed by atoms with Crippen molar-refractivity contribution >= 4 is 49.5 Å². The predicted molar refractivity (Wildman–Crippen MR) is 139 cm³/mol. The fraction of sp³-hybridized carbons (Fsp3) is 0.609. The Morgan fingerprint density at radius 3 is 2.63 bits per heavy atom. The third-order valence-corrected chi connectivity index (χ3v) is 7.99. The summed E-state index contributed by atoms with van der Waals surface area (Å²) in [5.74, 6) is -2.70. The third kappa shape index (κ3) is 7.85. The van der Waals surface area contributed by atoms with Gasteiger partial charge in [0, 0.05) is 18.3 Å². The third-order valence-electron chi connectivity index (χ3n) is 5.96. The van der Waals surface area contributed by atoms with Crippen LogP contribution in [0.1, 0.15) is 68.7 Å². The number of alkyl halides is 3. The molecule has 3 rings (SSSR count). The average molecular weight is 577 g/mol. The standard InChI is InChI=1S/C23H31F3N6O4S2/c1-5-10-32-16(7-3)9-8-15-11-17(18(12-19(15)32)31-38(34,35)13-23(24,25)26)27-29-22-30-28-20(37-22)21(33)36-14(4)6-2/h11-12,14,16,31H,5-10,13H2,1-4H3. The number of aryl methyl sites for hydroxylation is 1. The first kappa shape index (κ1) is 29.7. The van der Waals surface area contributed by atoms with E-state index in [2.05, 4.69) is 32.2 Å². The highest BCUT2D eigenvalue weighted by atomic mass is 32.2. The number of carbonyl (C=O) groups is 1. The number of carbonyl (C=O) groups excluding carboxylic acids is 1. The summed E-state index contributed by atoms with van der Waals surface area (Å²) in [5.41, 5.74) is 1.53. The molecule has 10 nitrogen and oxygen atoms in total. The molecule has 0 aliphatic carbocycles. The van der Waals surface area contributed by atoms with E-state index in [1.807, 2.05) is 18.6 Å². The van der Waals surface area contributed by atoms with Crippen LogP contribution in [-0.2, 0) is 21.2 Å². The van der Waals surface area contributed by atoms with Gasteiger partial charge in [-0.1, -0.05) is 32.1 Å². The Kier molecular flexibility index (Phi) is 9.68. The summed E-state index contributed by atoms with van der Waals surface area (Å²) < 4.78 is 70.6. The van der Waals surface area contributed by atoms with Crippen molar-refractivity contribution in [2.75, 3.05) is 21.9 Å². The maximum absolute atomic E-state index is 12.9. The summed E-state index contributed by atoms with van der Waals surface area (Å²) in [6, 6.07) is 3.37. The summed E-state index contributed by atoms with van der Waals surface area (Å²) in [7, 11) is -4.78. The van der Waals surface area contributed by atoms with Gasteiger partial charge in [-0.2, -0.15) is 13.2 Å². The molecule has 1 aromatic heterocycles. The number of benzene rings is 1. The van der Waals surface area contributed by atoms with E-state index in [1.54, 1.807) is 13.0 Å². The lowest BCUT2D eigenvalue weighted by Gasteiger charge is -2.39. The van der Waals surface area contributed by atoms with Gasteiger partial charge in [-0.3, -0.25) is 4.72 Å². The molecule has 0 spiro atoms. The van der Waals surface area contributed by atoms with Crippen molar-refractivity contribution in [2.45, 2.75) is 78.1 Å². The normalized spacial score (nSPS) is 16.9. The molecule has 38 heavy (non-hydrogen) atoms. The van der Waals surface area contributed by atoms with Crippen molar-refractivity contribution < 1.29 is 31.1 Å². The maximum Gasteiger partial charge on any atom is 0.404 e. The number of anilines is 2. The second-order valence-electron chi connectivity index (χ2n) is 8.98. The van der Waals surface area contributed by atoms with Crippen LogP contribution in [0, 0.1) is 0 Å². The molecule has 0 saturated heterocycles. The second-order valence-corrected chi connectivity index (χ2v) is 11.7. The van der Waals surface area contributed by atoms with Gasteiger partial charge in [0.15, 0.2) is 5.75 Å². The zero-order chi connectivity index (χ0) is 28.1. The maximum atomic E-state index is 12.9. The molecular formula is C23H31F3N6O4S2. The van der Waals surface area contributed by atoms with Crippen LogP contribution in [0.5, 0.6) is 0 Å². The Hall–Kier alpha value is -2.81. The van der Waals surface area contributed by atoms with Crippen LogP contribution in [-0.4, -0.2) is 55.2 Å². The van der Waals surface area contributed by atoms with Crippen LogP contribution in [0.25, 0.3) is 0 Å². The Morgan fingerprint density at radius 1 is 1.26 bits per heavy atom. The van der Waals surface area contributed by atoms with Gasteiger partial charge >= 0.3 is 12.1 Å². The quantitative estimate of drug-likeness (QED) is 0.251. The highest BCUT2D eigenvalue weighted by Crippen LogP contribution is 2.40. The van der Waals surface area contributed by atoms with Crippen LogP contribution in [0.3, 0.4) is 0 Å². The number of ether oxygens (including phenoxy) is 1. The Morgan fingerprint density at radius 2 is 2.00 bits per heavy atom. The van der Waals surface area contributed by atoms with Crippen molar-refractivity contribution in [1.82, 2.24) is 10.2 Å². The lowest BCUT2D eigenvalue weighted by Crippen LogP contribution is -2.39. The fourth-order valence-corrected chi connectivity index (χ4v) is 5.62. The molecule has 1 aromatic carbocycles. The van der Waals surface area contributed by atoms with Gasteiger partial charge in [-0.25, -0.2) is 13.2 Å². The van der Waals surface area contributed by atoms with Gasteiger partial charge in [0.1, 0.15) is 5.69 Å². The summed E-state index contributed by atoms with van der Waals surface area (Å²) in [4.78, 5) is 14.3. The molecule has 210 valence electrons. The van der Waals surface area contributed by atoms with Crippen molar-refractivity contribution in [3.05, 3.63) is 22.7 Å². The number of azo groups is 1. The summed E-state index contributed by atoms with van der Waals surface area (Å²) in [5, 5.41) is 15.6. The van der Waals surface area contributed by atoms with E-state index in [1.165, 1.54) is 6.07 Å². The zero-order valence-corrected chi connectivity index (χ0v) is 23.2. The molecule has 0 amide bonds. The molecule has 2 atom stereocenters. The molecular weight excluding hydrogens is 545 g/mol. The molecule has 2 heterocycles. The number of aromatic nitrogens is 2. The Balaban J connectivity index is 1.99. The number of fused-ring (bicyclic) bond motifs is 1. The molecule has 0 fully saturated rings. The van der Waals surface area contributed by atoms with Crippen LogP contribution >= 0.6 is 11.3 Å². The number of sulfonamides is 1. The first-order chi connectivity index (χ1) is 17.9. The van der Waals surface area contributed by atoms with E-state index < -0.39 is 27.9 Å². The first-order valence-electron chi connectivity index (χ1n) is 12.3. The molecule has 2 unspecified atom stereocenters. The summed E-state index contributed by atoms with van der Waals surface area (Å²) >= 11 is 0.826. The second kappa shape index (κ2) is 12.4. The van der Waals surface area contributed by atoms with Crippen LogP contribution < -0.4 is 9.62 Å². The molecule has 15 heteroatoms. The molecule has 0 radical (unpaired) electrons. The topological polar surface area (TPSA) is 126 Å². The van der Waals surface area contributed by atoms with Crippen molar-refractivity contribution in [3.8, 4) is 0 Å². The molecule has 0 bridgehead atoms. The monoisotopic (exact) mass is 576 g/mol. The number of rotatable bonds is 11. The van der Waals surface area contributed by atoms with Crippen molar-refractivity contribution in [3.63, 3.8) is 0 Å². The predicted octanol–water partition coefficient (Wildman–Crippen LogP) is 6.15. The lowest BCUT2D eigenvalue weighted by atomic mass is 9.93. The Bertz CT molecular complexity index is 1270. The van der Waals surface area contributed by atoms with Crippen molar-refractivity contribution in [2.24, 2.45) is 10.2 Å². The SMILES string of the molecule is CCCN1c2cc(NS(=O)(=O)CC(F)(F)F)c(N=Nc3nnc(C(=O)OC(C)CC)s3)cc2CCC1CC. The number of esters is 1. The minimum Gasteiger partial charge on any atom is -0.457 e. The van der Waals surface area contributed by atoms with Crippen LogP contribution in [0.4, 0.5) is 35.4 Å². The smallest absolute Gasteiger partial charge is 0.404 e. The minimum absolute atomic E-state index is 0.00146. The number of nitrogens with one attached hydrogen (secondary N) is 1. The number of halogens is 3. The van der Waals surface area contributed by atoms with Gasteiger partial charge in [0.2, 0.25) is 15.0 Å². The van der Waals surface area contributed by atoms with E-state index in [0.717, 1.165) is 41.9 Å². The molecule has 0 saturated carbocycles. The largest absolute Gasteiger partial charge is 0.457 e. The lowest BCUT2D eigenvalue weighted by molar-refractivity contribution is -0.106. The molecule has 2 aromatic rings. The van der Waals surface area contributed by atoms with E-state index >= 15 is 0 Å². The van der Waals surface area contributed by atoms with Gasteiger partial charge < -0.3 is 9.64 Å². The van der Waals surface area contributed by atoms with Gasteiger partial charge in [-0.15, -0.1) is 20.4 Å². The number of hydrogen-bond donors (Lipinski definition) is 1. The van der Waals surface area contributed by atoms with Crippen LogP contribution in [0.2, 0.25) is 0 Å². The van der Waals surface area contributed by atoms with E-state index in [9.17, 15) is 26.4 Å². The average Bonchev–Trinajstić information content (AvgIpc) is 3.30. The summed E-state index contributed by atoms with van der Waals surface area (Å²) in [6.07, 6.45) is -1.33. The number of hydrogen-bond acceptors (Lipinski definition) is 10. The van der Waals surface area contributed by atoms with Crippen LogP contribution in [0.15, 0.2) is 22.4 Å². The summed E-state index contributed by atoms with van der Waals surface area (Å²) in [6.45, 7) is 8.39. The molecule has 1 aliphatic rings. The highest BCUT2D eigenvalue weighted by molar-refractivity contribution is 7.92. The van der Waals surface area contributed by atoms with E-state index in [0.29, 0.717) is 19.4 Å². The van der Waals surface area contributed by atoms with Gasteiger partial charge in [-0.05, 0) is 56.7 Å². The highest BCUT2D eigenvalue weighted by Gasteiger charge is 2.36. The zero-order valence-electron chi connectivity index (χ0n) is 21.6. The number of nitrogens with zero attached hydrogens (tertiary/aromatic N) is 5. The van der Waals surface area contributed by atoms with Crippen molar-refractivity contribution in [1.29, 1.82) is 0 Å². The van der Waals surface area contributed by atoms with E-state index in [4.69, 9.17) is 4.74 Å². The fourth-order valence-electron chi connectivity index (χ4n) is 4.07.